The van der Waals surface area contributed by atoms with E-state index in [9.17, 15) is 0 Å². The van der Waals surface area contributed by atoms with Gasteiger partial charge in [-0.05, 0) is 24.3 Å². The van der Waals surface area contributed by atoms with Gasteiger partial charge in [-0.15, -0.1) is 0 Å². The highest BCUT2D eigenvalue weighted by molar-refractivity contribution is 5.75. The van der Waals surface area contributed by atoms with E-state index >= 15 is 0 Å². The molecule has 0 atom stereocenters. The van der Waals surface area contributed by atoms with Crippen molar-refractivity contribution in [2.45, 2.75) is 0 Å². The quantitative estimate of drug-likeness (QED) is 0.713. The lowest BCUT2D eigenvalue weighted by molar-refractivity contribution is 0.432. The average molecular weight is 269 g/mol. The first-order chi connectivity index (χ1) is 9.65. The Labute approximate surface area is 116 Å². The van der Waals surface area contributed by atoms with Crippen LogP contribution in [0.1, 0.15) is 0 Å². The van der Waals surface area contributed by atoms with Crippen molar-refractivity contribution in [3.05, 3.63) is 36.7 Å². The van der Waals surface area contributed by atoms with Gasteiger partial charge in [0.15, 0.2) is 0 Å². The Hall–Kier alpha value is -2.76. The molecule has 0 radical (unpaired) electrons. The Morgan fingerprint density at radius 3 is 2.75 bits per heavy atom. The lowest BCUT2D eigenvalue weighted by Gasteiger charge is -2.13. The summed E-state index contributed by atoms with van der Waals surface area (Å²) in [6.45, 7) is 0. The number of nitrogen functional groups attached to an aromatic ring is 1. The minimum absolute atomic E-state index is 0.420. The van der Waals surface area contributed by atoms with Crippen molar-refractivity contribution in [2.24, 2.45) is 0 Å². The Kier molecular flexibility index (Phi) is 2.90. The minimum Gasteiger partial charge on any atom is -0.398 e. The van der Waals surface area contributed by atoms with E-state index in [2.05, 4.69) is 15.1 Å². The normalized spacial score (nSPS) is 10.7. The summed E-state index contributed by atoms with van der Waals surface area (Å²) >= 11 is 0. The van der Waals surface area contributed by atoms with E-state index in [1.54, 1.807) is 0 Å². The van der Waals surface area contributed by atoms with Crippen LogP contribution in [0.4, 0.5) is 11.4 Å². The lowest BCUT2D eigenvalue weighted by atomic mass is 10.1. The Bertz CT molecular complexity index is 715. The first-order valence-corrected chi connectivity index (χ1v) is 6.19. The summed E-state index contributed by atoms with van der Waals surface area (Å²) in [4.78, 5) is 9.31. The summed E-state index contributed by atoms with van der Waals surface area (Å²) in [5.74, 6) is 0.960. The van der Waals surface area contributed by atoms with Gasteiger partial charge in [0.05, 0.1) is 5.56 Å². The molecule has 20 heavy (non-hydrogen) atoms. The maximum atomic E-state index is 6.06. The van der Waals surface area contributed by atoms with Gasteiger partial charge in [-0.3, -0.25) is 0 Å². The third-order valence-electron chi connectivity index (χ3n) is 3.06. The highest BCUT2D eigenvalue weighted by Crippen LogP contribution is 2.29. The number of benzene rings is 1. The monoisotopic (exact) mass is 269 g/mol. The SMILES string of the molecule is CN(C)c1ccc(-c2nc(-c3cc[nH]c3)no2)c(N)c1. The second-order valence-corrected chi connectivity index (χ2v) is 4.69. The molecule has 0 saturated carbocycles. The van der Waals surface area contributed by atoms with Crippen LogP contribution in [0.25, 0.3) is 22.8 Å². The van der Waals surface area contributed by atoms with Crippen LogP contribution >= 0.6 is 0 Å². The number of anilines is 2. The van der Waals surface area contributed by atoms with E-state index in [0.29, 0.717) is 17.4 Å². The molecule has 3 rings (SSSR count). The lowest BCUT2D eigenvalue weighted by Crippen LogP contribution is -2.09. The largest absolute Gasteiger partial charge is 0.398 e. The summed E-state index contributed by atoms with van der Waals surface area (Å²) in [6, 6.07) is 7.62. The summed E-state index contributed by atoms with van der Waals surface area (Å²) in [5, 5.41) is 3.96. The molecule has 0 aliphatic carbocycles. The van der Waals surface area contributed by atoms with E-state index in [-0.39, 0.29) is 0 Å². The topological polar surface area (TPSA) is 84.0 Å². The molecule has 0 amide bonds. The van der Waals surface area contributed by atoms with Crippen molar-refractivity contribution in [3.8, 4) is 22.8 Å². The molecule has 0 bridgehead atoms. The molecule has 0 saturated heterocycles. The van der Waals surface area contributed by atoms with Gasteiger partial charge in [0.2, 0.25) is 5.82 Å². The van der Waals surface area contributed by atoms with Gasteiger partial charge in [0.1, 0.15) is 0 Å². The second kappa shape index (κ2) is 4.73. The fourth-order valence-corrected chi connectivity index (χ4v) is 1.94. The van der Waals surface area contributed by atoms with Crippen LogP contribution in [0, 0.1) is 0 Å². The van der Waals surface area contributed by atoms with Gasteiger partial charge in [0.25, 0.3) is 5.89 Å². The number of hydrogen-bond donors (Lipinski definition) is 2. The molecule has 0 fully saturated rings. The first kappa shape index (κ1) is 12.3. The molecule has 6 nitrogen and oxygen atoms in total. The summed E-state index contributed by atoms with van der Waals surface area (Å²) in [6.07, 6.45) is 3.62. The van der Waals surface area contributed by atoms with Crippen LogP contribution in [-0.4, -0.2) is 29.2 Å². The van der Waals surface area contributed by atoms with E-state index in [4.69, 9.17) is 10.3 Å². The van der Waals surface area contributed by atoms with Crippen molar-refractivity contribution in [2.75, 3.05) is 24.7 Å². The standard InChI is InChI=1S/C14H15N5O/c1-19(2)10-3-4-11(12(15)7-10)14-17-13(18-20-14)9-5-6-16-8-9/h3-8,16H,15H2,1-2H3. The van der Waals surface area contributed by atoms with Crippen molar-refractivity contribution in [3.63, 3.8) is 0 Å². The molecule has 6 heteroatoms. The third kappa shape index (κ3) is 2.11. The Morgan fingerprint density at radius 1 is 1.25 bits per heavy atom. The predicted octanol–water partition coefficient (Wildman–Crippen LogP) is 2.38. The fourth-order valence-electron chi connectivity index (χ4n) is 1.94. The molecule has 2 heterocycles. The number of nitrogens with one attached hydrogen (secondary N) is 1. The van der Waals surface area contributed by atoms with Crippen LogP contribution in [-0.2, 0) is 0 Å². The number of aromatic nitrogens is 3. The zero-order chi connectivity index (χ0) is 14.1. The highest BCUT2D eigenvalue weighted by Gasteiger charge is 2.13. The Balaban J connectivity index is 1.97. The van der Waals surface area contributed by atoms with Gasteiger partial charge >= 0.3 is 0 Å². The average Bonchev–Trinajstić information content (AvgIpc) is 3.09. The second-order valence-electron chi connectivity index (χ2n) is 4.69. The van der Waals surface area contributed by atoms with Crippen LogP contribution in [0.3, 0.4) is 0 Å². The number of hydrogen-bond acceptors (Lipinski definition) is 5. The molecule has 0 aliphatic heterocycles. The van der Waals surface area contributed by atoms with Gasteiger partial charge in [0, 0.05) is 43.4 Å². The molecule has 3 N–H and O–H groups in total. The molecule has 2 aromatic heterocycles. The maximum absolute atomic E-state index is 6.06. The number of rotatable bonds is 3. The molecule has 3 aromatic rings. The zero-order valence-corrected chi connectivity index (χ0v) is 11.3. The first-order valence-electron chi connectivity index (χ1n) is 6.19. The van der Waals surface area contributed by atoms with Gasteiger partial charge in [-0.25, -0.2) is 0 Å². The number of nitrogens with two attached hydrogens (primary N) is 1. The number of nitrogens with zero attached hydrogens (tertiary/aromatic N) is 3. The zero-order valence-electron chi connectivity index (χ0n) is 11.3. The summed E-state index contributed by atoms with van der Waals surface area (Å²) in [5.41, 5.74) is 9.31. The van der Waals surface area contributed by atoms with Crippen LogP contribution in [0.2, 0.25) is 0 Å². The summed E-state index contributed by atoms with van der Waals surface area (Å²) < 4.78 is 5.29. The molecule has 0 unspecified atom stereocenters. The third-order valence-corrected chi connectivity index (χ3v) is 3.06. The van der Waals surface area contributed by atoms with Gasteiger partial charge in [-0.2, -0.15) is 4.98 Å². The van der Waals surface area contributed by atoms with Crippen LogP contribution in [0.5, 0.6) is 0 Å². The van der Waals surface area contributed by atoms with Crippen molar-refractivity contribution < 1.29 is 4.52 Å². The van der Waals surface area contributed by atoms with Gasteiger partial charge < -0.3 is 20.1 Å². The molecular weight excluding hydrogens is 254 g/mol. The van der Waals surface area contributed by atoms with E-state index in [0.717, 1.165) is 16.8 Å². The van der Waals surface area contributed by atoms with E-state index < -0.39 is 0 Å². The number of aromatic amines is 1. The predicted molar refractivity (Wildman–Crippen MR) is 78.3 cm³/mol. The van der Waals surface area contributed by atoms with Crippen molar-refractivity contribution >= 4 is 11.4 Å². The maximum Gasteiger partial charge on any atom is 0.260 e. The molecule has 102 valence electrons. The summed E-state index contributed by atoms with van der Waals surface area (Å²) in [7, 11) is 3.93. The molecule has 1 aromatic carbocycles. The fraction of sp³-hybridized carbons (Fsp3) is 0.143. The smallest absolute Gasteiger partial charge is 0.260 e. The highest BCUT2D eigenvalue weighted by atomic mass is 16.5. The Morgan fingerprint density at radius 2 is 2.10 bits per heavy atom. The van der Waals surface area contributed by atoms with Crippen molar-refractivity contribution in [1.82, 2.24) is 15.1 Å². The van der Waals surface area contributed by atoms with E-state index in [1.807, 2.05) is 55.7 Å². The molecule has 0 aliphatic rings. The van der Waals surface area contributed by atoms with Crippen LogP contribution < -0.4 is 10.6 Å². The number of H-pyrrole nitrogens is 1. The molecule has 0 spiro atoms. The van der Waals surface area contributed by atoms with Crippen LogP contribution in [0.15, 0.2) is 41.2 Å². The van der Waals surface area contributed by atoms with E-state index in [1.165, 1.54) is 0 Å². The molecular formula is C14H15N5O. The van der Waals surface area contributed by atoms with Crippen molar-refractivity contribution in [1.29, 1.82) is 0 Å². The van der Waals surface area contributed by atoms with Gasteiger partial charge in [-0.1, -0.05) is 5.16 Å². The minimum atomic E-state index is 0.420.